The lowest BCUT2D eigenvalue weighted by atomic mass is 10.2. The number of carbonyl (C=O) groups excluding carboxylic acids is 4. The van der Waals surface area contributed by atoms with Crippen molar-refractivity contribution < 1.29 is 43.2 Å². The molecular weight excluding hydrogens is 372 g/mol. The van der Waals surface area contributed by atoms with Gasteiger partial charge in [-0.05, 0) is 25.7 Å². The Bertz CT molecular complexity index is 558. The second-order valence-electron chi connectivity index (χ2n) is 7.25. The fourth-order valence-electron chi connectivity index (χ4n) is 2.19. The van der Waals surface area contributed by atoms with Crippen LogP contribution in [0.4, 0.5) is 0 Å². The first kappa shape index (κ1) is 22.4. The average molecular weight is 400 g/mol. The number of hydrogen-bond acceptors (Lipinski definition) is 9. The highest BCUT2D eigenvalue weighted by Crippen LogP contribution is 2.31. The zero-order chi connectivity index (χ0) is 20.5. The van der Waals surface area contributed by atoms with Gasteiger partial charge >= 0.3 is 11.9 Å². The predicted octanol–water partition coefficient (Wildman–Crippen LogP) is 0.204. The third-order valence-electron chi connectivity index (χ3n) is 4.46. The predicted molar refractivity (Wildman–Crippen MR) is 94.2 cm³/mol. The Morgan fingerprint density at radius 3 is 1.54 bits per heavy atom. The second-order valence-corrected chi connectivity index (χ2v) is 7.25. The standard InChI is InChI=1S/C9H12O4.C7H10O3.C3H6O2/c10-8(6-1-2-6)3-9(11)13-7-4-12-5-7;1-10-7(9)4-6(8)5-2-3-5;4-3-1-5-2-3/h6-7H,1-5H2;5H,2-4H2,1H3;3-4H,1-2H2. The summed E-state index contributed by atoms with van der Waals surface area (Å²) in [6, 6.07) is 0. The average Bonchev–Trinajstić information content (AvgIpc) is 3.48. The van der Waals surface area contributed by atoms with Crippen LogP contribution in [0, 0.1) is 11.8 Å². The molecule has 0 bridgehead atoms. The van der Waals surface area contributed by atoms with Gasteiger partial charge in [0.05, 0.1) is 33.5 Å². The summed E-state index contributed by atoms with van der Waals surface area (Å²) < 4.78 is 18.7. The first-order valence-corrected chi connectivity index (χ1v) is 9.54. The van der Waals surface area contributed by atoms with Gasteiger partial charge in [0.25, 0.3) is 0 Å². The number of esters is 2. The molecule has 0 aromatic carbocycles. The van der Waals surface area contributed by atoms with Crippen molar-refractivity contribution in [3.8, 4) is 0 Å². The van der Waals surface area contributed by atoms with Crippen LogP contribution < -0.4 is 0 Å². The van der Waals surface area contributed by atoms with Crippen molar-refractivity contribution in [2.24, 2.45) is 11.8 Å². The molecule has 0 spiro atoms. The van der Waals surface area contributed by atoms with Crippen LogP contribution in [0.15, 0.2) is 0 Å². The van der Waals surface area contributed by atoms with E-state index in [0.717, 1.165) is 25.7 Å². The molecule has 1 N–H and O–H groups in total. The van der Waals surface area contributed by atoms with Gasteiger partial charge in [0.15, 0.2) is 0 Å². The van der Waals surface area contributed by atoms with E-state index in [4.69, 9.17) is 14.6 Å². The molecule has 158 valence electrons. The molecule has 0 aromatic heterocycles. The van der Waals surface area contributed by atoms with Crippen molar-refractivity contribution in [1.29, 1.82) is 0 Å². The smallest absolute Gasteiger partial charge is 0.313 e. The molecule has 2 aliphatic heterocycles. The summed E-state index contributed by atoms with van der Waals surface area (Å²) >= 11 is 0. The molecule has 2 aliphatic carbocycles. The van der Waals surface area contributed by atoms with Crippen LogP contribution in [-0.4, -0.2) is 74.4 Å². The molecule has 4 fully saturated rings. The molecule has 0 unspecified atom stereocenters. The maximum atomic E-state index is 11.2. The van der Waals surface area contributed by atoms with E-state index in [-0.39, 0.29) is 48.5 Å². The lowest BCUT2D eigenvalue weighted by Crippen LogP contribution is -2.38. The van der Waals surface area contributed by atoms with E-state index in [2.05, 4.69) is 9.47 Å². The molecule has 28 heavy (non-hydrogen) atoms. The Balaban J connectivity index is 0.000000165. The number of hydrogen-bond donors (Lipinski definition) is 1. The lowest BCUT2D eigenvalue weighted by Gasteiger charge is -2.25. The van der Waals surface area contributed by atoms with Crippen molar-refractivity contribution in [1.82, 2.24) is 0 Å². The van der Waals surface area contributed by atoms with Crippen LogP contribution in [0.2, 0.25) is 0 Å². The van der Waals surface area contributed by atoms with Gasteiger partial charge in [0, 0.05) is 11.8 Å². The van der Waals surface area contributed by atoms with Gasteiger partial charge in [-0.2, -0.15) is 0 Å². The first-order valence-electron chi connectivity index (χ1n) is 9.54. The molecule has 9 heteroatoms. The molecule has 0 amide bonds. The Hall–Kier alpha value is -1.84. The van der Waals surface area contributed by atoms with Gasteiger partial charge in [-0.3, -0.25) is 19.2 Å². The van der Waals surface area contributed by atoms with Crippen LogP contribution in [0.25, 0.3) is 0 Å². The summed E-state index contributed by atoms with van der Waals surface area (Å²) in [4.78, 5) is 43.6. The molecule has 2 saturated heterocycles. The number of Topliss-reactive ketones (excluding diaryl/α,β-unsaturated/α-hetero) is 2. The van der Waals surface area contributed by atoms with E-state index >= 15 is 0 Å². The summed E-state index contributed by atoms with van der Waals surface area (Å²) in [5.74, 6) is -0.441. The monoisotopic (exact) mass is 400 g/mol. The minimum atomic E-state index is -0.420. The van der Waals surface area contributed by atoms with E-state index in [1.807, 2.05) is 0 Å². The van der Waals surface area contributed by atoms with E-state index in [1.165, 1.54) is 7.11 Å². The molecule has 2 heterocycles. The van der Waals surface area contributed by atoms with Gasteiger partial charge in [-0.25, -0.2) is 0 Å². The van der Waals surface area contributed by atoms with Gasteiger partial charge in [0.1, 0.15) is 36.6 Å². The van der Waals surface area contributed by atoms with Crippen LogP contribution in [-0.2, 0) is 38.1 Å². The van der Waals surface area contributed by atoms with Crippen molar-refractivity contribution >= 4 is 23.5 Å². The fourth-order valence-corrected chi connectivity index (χ4v) is 2.19. The summed E-state index contributed by atoms with van der Waals surface area (Å²) in [5.41, 5.74) is 0. The van der Waals surface area contributed by atoms with E-state index in [9.17, 15) is 19.2 Å². The fraction of sp³-hybridized carbons (Fsp3) is 0.789. The van der Waals surface area contributed by atoms with Gasteiger partial charge in [0.2, 0.25) is 0 Å². The summed E-state index contributed by atoms with van der Waals surface area (Å²) in [6.45, 7) is 2.03. The van der Waals surface area contributed by atoms with Gasteiger partial charge in [-0.15, -0.1) is 0 Å². The maximum Gasteiger partial charge on any atom is 0.313 e. The molecule has 2 saturated carbocycles. The molecule has 0 atom stereocenters. The minimum absolute atomic E-state index is 0.0326. The number of ether oxygens (including phenoxy) is 4. The quantitative estimate of drug-likeness (QED) is 0.471. The third kappa shape index (κ3) is 8.90. The maximum absolute atomic E-state index is 11.2. The molecular formula is C19H28O9. The zero-order valence-corrected chi connectivity index (χ0v) is 16.1. The molecule has 4 aliphatic rings. The number of carbonyl (C=O) groups is 4. The van der Waals surface area contributed by atoms with Crippen molar-refractivity contribution in [3.63, 3.8) is 0 Å². The molecule has 0 radical (unpaired) electrons. The van der Waals surface area contributed by atoms with Crippen LogP contribution in [0.3, 0.4) is 0 Å². The minimum Gasteiger partial charge on any atom is -0.469 e. The first-order chi connectivity index (χ1) is 13.4. The number of rotatable bonds is 7. The molecule has 4 rings (SSSR count). The Labute approximate surface area is 163 Å². The van der Waals surface area contributed by atoms with Crippen LogP contribution in [0.1, 0.15) is 38.5 Å². The van der Waals surface area contributed by atoms with E-state index in [1.54, 1.807) is 0 Å². The largest absolute Gasteiger partial charge is 0.469 e. The highest BCUT2D eigenvalue weighted by molar-refractivity contribution is 5.98. The van der Waals surface area contributed by atoms with Gasteiger partial charge in [-0.1, -0.05) is 0 Å². The summed E-state index contributed by atoms with van der Waals surface area (Å²) in [5, 5.41) is 8.32. The highest BCUT2D eigenvalue weighted by Gasteiger charge is 2.32. The zero-order valence-electron chi connectivity index (χ0n) is 16.1. The topological polar surface area (TPSA) is 125 Å². The number of methoxy groups -OCH3 is 1. The highest BCUT2D eigenvalue weighted by atomic mass is 16.6. The Kier molecular flexibility index (Phi) is 9.01. The third-order valence-corrected chi connectivity index (χ3v) is 4.46. The molecule has 0 aromatic rings. The number of ketones is 2. The Morgan fingerprint density at radius 1 is 0.821 bits per heavy atom. The van der Waals surface area contributed by atoms with Gasteiger partial charge < -0.3 is 24.1 Å². The number of aliphatic hydroxyl groups excluding tert-OH is 1. The summed E-state index contributed by atoms with van der Waals surface area (Å²) in [6.07, 6.45) is 3.43. The van der Waals surface area contributed by atoms with Crippen LogP contribution >= 0.6 is 0 Å². The lowest BCUT2D eigenvalue weighted by molar-refractivity contribution is -0.172. The number of aliphatic hydroxyl groups is 1. The SMILES string of the molecule is COC(=O)CC(=O)C1CC1.O=C(CC(=O)C1CC1)OC1COC1.OC1COC1. The van der Waals surface area contributed by atoms with Crippen molar-refractivity contribution in [2.75, 3.05) is 33.5 Å². The second kappa shape index (κ2) is 11.2. The van der Waals surface area contributed by atoms with Crippen molar-refractivity contribution in [2.45, 2.75) is 50.7 Å². The molecule has 9 nitrogen and oxygen atoms in total. The van der Waals surface area contributed by atoms with E-state index < -0.39 is 11.9 Å². The van der Waals surface area contributed by atoms with E-state index in [0.29, 0.717) is 26.4 Å². The normalized spacial score (nSPS) is 20.8. The van der Waals surface area contributed by atoms with Crippen LogP contribution in [0.5, 0.6) is 0 Å². The summed E-state index contributed by atoms with van der Waals surface area (Å²) in [7, 11) is 1.29. The van der Waals surface area contributed by atoms with Crippen molar-refractivity contribution in [3.05, 3.63) is 0 Å². The Morgan fingerprint density at radius 2 is 1.25 bits per heavy atom.